The van der Waals surface area contributed by atoms with Gasteiger partial charge in [0.25, 0.3) is 0 Å². The molecule has 0 bridgehead atoms. The van der Waals surface area contributed by atoms with Gasteiger partial charge in [-0.3, -0.25) is 4.79 Å². The van der Waals surface area contributed by atoms with E-state index < -0.39 is 17.5 Å². The van der Waals surface area contributed by atoms with Crippen molar-refractivity contribution in [1.29, 1.82) is 0 Å². The van der Waals surface area contributed by atoms with Gasteiger partial charge in [0.15, 0.2) is 0 Å². The number of carbonyl (C=O) groups is 2. The van der Waals surface area contributed by atoms with E-state index in [9.17, 15) is 9.59 Å². The Morgan fingerprint density at radius 2 is 2.08 bits per heavy atom. The summed E-state index contributed by atoms with van der Waals surface area (Å²) in [6.45, 7) is 3.46. The monoisotopic (exact) mass is 188 g/mol. The molecule has 13 heavy (non-hydrogen) atoms. The molecule has 0 heterocycles. The van der Waals surface area contributed by atoms with Gasteiger partial charge in [0, 0.05) is 0 Å². The molecule has 0 saturated heterocycles. The van der Waals surface area contributed by atoms with Gasteiger partial charge in [-0.15, -0.1) is 0 Å². The number of carbonyl (C=O) groups excluding carboxylic acids is 1. The van der Waals surface area contributed by atoms with Crippen molar-refractivity contribution in [3.8, 4) is 0 Å². The average Bonchev–Trinajstić information content (AvgIpc) is 1.99. The number of hydrogen-bond donors (Lipinski definition) is 3. The number of nitrogens with one attached hydrogen (secondary N) is 1. The molecular weight excluding hydrogens is 172 g/mol. The second kappa shape index (κ2) is 4.69. The third-order valence-corrected chi connectivity index (χ3v) is 1.96. The van der Waals surface area contributed by atoms with Gasteiger partial charge < -0.3 is 16.2 Å². The first kappa shape index (κ1) is 11.7. The van der Waals surface area contributed by atoms with Crippen molar-refractivity contribution in [2.24, 2.45) is 5.73 Å². The molecule has 0 fully saturated rings. The van der Waals surface area contributed by atoms with Crippen LogP contribution in [0.2, 0.25) is 0 Å². The minimum absolute atomic E-state index is 0.436. The van der Waals surface area contributed by atoms with Crippen LogP contribution in [0.3, 0.4) is 0 Å². The molecule has 4 N–H and O–H groups in total. The van der Waals surface area contributed by atoms with E-state index in [0.717, 1.165) is 12.8 Å². The normalized spacial score (nSPS) is 14.6. The van der Waals surface area contributed by atoms with Gasteiger partial charge in [-0.05, 0) is 13.3 Å². The smallest absolute Gasteiger partial charge is 0.405 e. The molecule has 5 nitrogen and oxygen atoms in total. The fourth-order valence-corrected chi connectivity index (χ4v) is 1.01. The topological polar surface area (TPSA) is 92.4 Å². The fraction of sp³-hybridized carbons (Fsp3) is 0.750. The van der Waals surface area contributed by atoms with Crippen LogP contribution in [0, 0.1) is 0 Å². The molecule has 0 unspecified atom stereocenters. The Morgan fingerprint density at radius 1 is 1.54 bits per heavy atom. The maximum absolute atomic E-state index is 11.0. The van der Waals surface area contributed by atoms with E-state index in [1.807, 2.05) is 6.92 Å². The lowest BCUT2D eigenvalue weighted by molar-refractivity contribution is -0.123. The molecular formula is C8H16N2O3. The summed E-state index contributed by atoms with van der Waals surface area (Å²) < 4.78 is 0. The number of nitrogens with two attached hydrogens (primary N) is 1. The van der Waals surface area contributed by atoms with Crippen LogP contribution in [0.5, 0.6) is 0 Å². The molecule has 0 aliphatic rings. The molecule has 0 aromatic rings. The van der Waals surface area contributed by atoms with Gasteiger partial charge in [0.1, 0.15) is 5.54 Å². The Kier molecular flexibility index (Phi) is 4.23. The molecule has 0 aliphatic heterocycles. The highest BCUT2D eigenvalue weighted by molar-refractivity contribution is 5.87. The standard InChI is InChI=1S/C8H16N2O3/c1-3-4-5-8(2,6(9)11)10-7(12)13/h10H,3-5H2,1-2H3,(H2,9,11)(H,12,13)/t8-/m1/s1. The van der Waals surface area contributed by atoms with E-state index in [1.165, 1.54) is 6.92 Å². The first-order valence-electron chi connectivity index (χ1n) is 4.23. The van der Waals surface area contributed by atoms with Crippen molar-refractivity contribution >= 4 is 12.0 Å². The minimum atomic E-state index is -1.22. The fourth-order valence-electron chi connectivity index (χ4n) is 1.01. The van der Waals surface area contributed by atoms with Crippen molar-refractivity contribution in [2.45, 2.75) is 38.6 Å². The number of primary amides is 1. The van der Waals surface area contributed by atoms with E-state index in [2.05, 4.69) is 5.32 Å². The zero-order chi connectivity index (χ0) is 10.5. The third-order valence-electron chi connectivity index (χ3n) is 1.96. The lowest BCUT2D eigenvalue weighted by Gasteiger charge is -2.25. The summed E-state index contributed by atoms with van der Waals surface area (Å²) in [5.74, 6) is -0.636. The van der Waals surface area contributed by atoms with E-state index in [4.69, 9.17) is 10.8 Å². The van der Waals surface area contributed by atoms with Crippen molar-refractivity contribution < 1.29 is 14.7 Å². The molecule has 5 heteroatoms. The van der Waals surface area contributed by atoms with Gasteiger partial charge in [0.2, 0.25) is 5.91 Å². The van der Waals surface area contributed by atoms with Crippen molar-refractivity contribution in [3.63, 3.8) is 0 Å². The highest BCUT2D eigenvalue weighted by atomic mass is 16.4. The zero-order valence-corrected chi connectivity index (χ0v) is 7.96. The van der Waals surface area contributed by atoms with Gasteiger partial charge in [-0.1, -0.05) is 19.8 Å². The van der Waals surface area contributed by atoms with Crippen LogP contribution in [0.15, 0.2) is 0 Å². The quantitative estimate of drug-likeness (QED) is 0.592. The average molecular weight is 188 g/mol. The summed E-state index contributed by atoms with van der Waals surface area (Å²) in [6, 6.07) is 0. The summed E-state index contributed by atoms with van der Waals surface area (Å²) in [5, 5.41) is 10.6. The Morgan fingerprint density at radius 3 is 2.38 bits per heavy atom. The second-order valence-electron chi connectivity index (χ2n) is 3.23. The molecule has 2 amide bonds. The second-order valence-corrected chi connectivity index (χ2v) is 3.23. The molecule has 0 aliphatic carbocycles. The predicted octanol–water partition coefficient (Wildman–Crippen LogP) is 0.688. The van der Waals surface area contributed by atoms with Gasteiger partial charge in [-0.2, -0.15) is 0 Å². The maximum atomic E-state index is 11.0. The first-order chi connectivity index (χ1) is 5.92. The summed E-state index contributed by atoms with van der Waals surface area (Å²) in [4.78, 5) is 21.3. The lowest BCUT2D eigenvalue weighted by atomic mass is 9.94. The minimum Gasteiger partial charge on any atom is -0.465 e. The summed E-state index contributed by atoms with van der Waals surface area (Å²) >= 11 is 0. The van der Waals surface area contributed by atoms with Crippen LogP contribution < -0.4 is 11.1 Å². The summed E-state index contributed by atoms with van der Waals surface area (Å²) in [6.07, 6.45) is 0.868. The molecule has 1 atom stereocenters. The highest BCUT2D eigenvalue weighted by Gasteiger charge is 2.31. The number of hydrogen-bond acceptors (Lipinski definition) is 2. The molecule has 76 valence electrons. The van der Waals surface area contributed by atoms with Crippen molar-refractivity contribution in [3.05, 3.63) is 0 Å². The Balaban J connectivity index is 4.34. The largest absolute Gasteiger partial charge is 0.465 e. The molecule has 0 aromatic carbocycles. The SMILES string of the molecule is CCCC[C@@](C)(NC(=O)O)C(N)=O. The van der Waals surface area contributed by atoms with E-state index in [-0.39, 0.29) is 0 Å². The van der Waals surface area contributed by atoms with E-state index in [0.29, 0.717) is 6.42 Å². The summed E-state index contributed by atoms with van der Waals surface area (Å²) in [5.41, 5.74) is 3.96. The van der Waals surface area contributed by atoms with Crippen LogP contribution in [0.25, 0.3) is 0 Å². The van der Waals surface area contributed by atoms with Gasteiger partial charge >= 0.3 is 6.09 Å². The number of carboxylic acid groups (broad SMARTS) is 1. The van der Waals surface area contributed by atoms with Crippen LogP contribution >= 0.6 is 0 Å². The molecule has 0 saturated carbocycles. The summed E-state index contributed by atoms with van der Waals surface area (Å²) in [7, 11) is 0. The Hall–Kier alpha value is -1.26. The third kappa shape index (κ3) is 3.78. The molecule has 0 radical (unpaired) electrons. The van der Waals surface area contributed by atoms with Crippen LogP contribution in [0.1, 0.15) is 33.1 Å². The lowest BCUT2D eigenvalue weighted by Crippen LogP contribution is -2.54. The zero-order valence-electron chi connectivity index (χ0n) is 7.96. The predicted molar refractivity (Wildman–Crippen MR) is 48.3 cm³/mol. The van der Waals surface area contributed by atoms with Crippen molar-refractivity contribution in [1.82, 2.24) is 5.32 Å². The molecule has 0 rings (SSSR count). The molecule has 0 aromatic heterocycles. The number of unbranched alkanes of at least 4 members (excludes halogenated alkanes) is 1. The first-order valence-corrected chi connectivity index (χ1v) is 4.23. The van der Waals surface area contributed by atoms with E-state index >= 15 is 0 Å². The van der Waals surface area contributed by atoms with E-state index in [1.54, 1.807) is 0 Å². The van der Waals surface area contributed by atoms with Crippen LogP contribution in [0.4, 0.5) is 4.79 Å². The number of amides is 2. The maximum Gasteiger partial charge on any atom is 0.405 e. The van der Waals surface area contributed by atoms with Crippen molar-refractivity contribution in [2.75, 3.05) is 0 Å². The molecule has 0 spiro atoms. The van der Waals surface area contributed by atoms with Crippen LogP contribution in [-0.2, 0) is 4.79 Å². The number of rotatable bonds is 5. The Labute approximate surface area is 77.3 Å². The van der Waals surface area contributed by atoms with Gasteiger partial charge in [0.05, 0.1) is 0 Å². The van der Waals surface area contributed by atoms with Gasteiger partial charge in [-0.25, -0.2) is 4.79 Å². The highest BCUT2D eigenvalue weighted by Crippen LogP contribution is 2.13. The Bertz CT molecular complexity index is 206. The van der Waals surface area contributed by atoms with Crippen LogP contribution in [-0.4, -0.2) is 22.6 Å².